The highest BCUT2D eigenvalue weighted by atomic mass is 19.4. The van der Waals surface area contributed by atoms with Gasteiger partial charge in [-0.1, -0.05) is 6.07 Å². The molecule has 1 fully saturated rings. The Morgan fingerprint density at radius 1 is 1.04 bits per heavy atom. The maximum atomic E-state index is 12.3. The number of hydrogen-bond acceptors (Lipinski definition) is 4. The fraction of sp³-hybridized carbons (Fsp3) is 0.294. The first kappa shape index (κ1) is 18.6. The van der Waals surface area contributed by atoms with Crippen LogP contribution in [-0.4, -0.2) is 54.3 Å². The Bertz CT molecular complexity index is 800. The van der Waals surface area contributed by atoms with E-state index in [9.17, 15) is 22.8 Å². The Kier molecular flexibility index (Phi) is 5.24. The smallest absolute Gasteiger partial charge is 0.459 e. The van der Waals surface area contributed by atoms with Gasteiger partial charge in [-0.25, -0.2) is 4.79 Å². The summed E-state index contributed by atoms with van der Waals surface area (Å²) in [5.41, 5.74) is 0.177. The third-order valence-corrected chi connectivity index (χ3v) is 3.90. The van der Waals surface area contributed by atoms with Crippen molar-refractivity contribution >= 4 is 17.6 Å². The number of ether oxygens (including phenoxy) is 1. The first-order valence-corrected chi connectivity index (χ1v) is 8.06. The summed E-state index contributed by atoms with van der Waals surface area (Å²) >= 11 is 0. The molecule has 7 nitrogen and oxygen atoms in total. The average molecular weight is 383 g/mol. The summed E-state index contributed by atoms with van der Waals surface area (Å²) in [6.07, 6.45) is -3.40. The second-order valence-corrected chi connectivity index (χ2v) is 5.76. The van der Waals surface area contributed by atoms with Crippen molar-refractivity contribution in [3.8, 4) is 5.75 Å². The van der Waals surface area contributed by atoms with Crippen LogP contribution in [0.5, 0.6) is 5.75 Å². The Balaban J connectivity index is 1.54. The van der Waals surface area contributed by atoms with E-state index in [0.29, 0.717) is 13.1 Å². The van der Waals surface area contributed by atoms with Crippen molar-refractivity contribution in [2.24, 2.45) is 0 Å². The first-order valence-electron chi connectivity index (χ1n) is 8.06. The van der Waals surface area contributed by atoms with Crippen LogP contribution < -0.4 is 10.1 Å². The van der Waals surface area contributed by atoms with Crippen LogP contribution in [0.1, 0.15) is 10.6 Å². The quantitative estimate of drug-likeness (QED) is 0.884. The van der Waals surface area contributed by atoms with Gasteiger partial charge in [0.2, 0.25) is 0 Å². The fourth-order valence-corrected chi connectivity index (χ4v) is 2.64. The van der Waals surface area contributed by atoms with Crippen molar-refractivity contribution in [3.05, 3.63) is 48.4 Å². The number of furan rings is 1. The highest BCUT2D eigenvalue weighted by Crippen LogP contribution is 2.25. The van der Waals surface area contributed by atoms with Crippen LogP contribution >= 0.6 is 0 Å². The predicted octanol–water partition coefficient (Wildman–Crippen LogP) is 3.17. The lowest BCUT2D eigenvalue weighted by Crippen LogP contribution is -2.51. The van der Waals surface area contributed by atoms with E-state index in [1.807, 2.05) is 0 Å². The molecule has 1 aliphatic heterocycles. The fourth-order valence-electron chi connectivity index (χ4n) is 2.64. The Morgan fingerprint density at radius 2 is 1.74 bits per heavy atom. The Labute approximate surface area is 152 Å². The Morgan fingerprint density at radius 3 is 2.37 bits per heavy atom. The summed E-state index contributed by atoms with van der Waals surface area (Å²) in [7, 11) is 0. The molecule has 0 atom stereocenters. The van der Waals surface area contributed by atoms with E-state index in [2.05, 4.69) is 10.1 Å². The molecule has 1 N–H and O–H groups in total. The molecular formula is C17H16F3N3O4. The SMILES string of the molecule is O=C(Nc1cccc(OC(F)(F)F)c1)N1CCN(C(=O)c2ccco2)CC1. The molecule has 2 aromatic rings. The number of nitrogens with one attached hydrogen (secondary N) is 1. The van der Waals surface area contributed by atoms with Crippen LogP contribution in [0.3, 0.4) is 0 Å². The third kappa shape index (κ3) is 4.93. The highest BCUT2D eigenvalue weighted by molar-refractivity contribution is 5.92. The maximum Gasteiger partial charge on any atom is 0.573 e. The van der Waals surface area contributed by atoms with E-state index in [1.165, 1.54) is 23.3 Å². The van der Waals surface area contributed by atoms with Gasteiger partial charge in [-0.2, -0.15) is 0 Å². The minimum absolute atomic E-state index is 0.177. The second kappa shape index (κ2) is 7.60. The number of carbonyl (C=O) groups is 2. The molecule has 0 unspecified atom stereocenters. The molecule has 1 aromatic carbocycles. The van der Waals surface area contributed by atoms with Crippen molar-refractivity contribution in [2.45, 2.75) is 6.36 Å². The van der Waals surface area contributed by atoms with Gasteiger partial charge < -0.3 is 24.3 Å². The van der Waals surface area contributed by atoms with Gasteiger partial charge in [0.1, 0.15) is 5.75 Å². The standard InChI is InChI=1S/C17H16F3N3O4/c18-17(19,20)27-13-4-1-3-12(11-13)21-16(25)23-8-6-22(7-9-23)15(24)14-5-2-10-26-14/h1-5,10-11H,6-9H2,(H,21,25). The molecule has 0 aliphatic carbocycles. The van der Waals surface area contributed by atoms with Crippen molar-refractivity contribution in [1.29, 1.82) is 0 Å². The van der Waals surface area contributed by atoms with Crippen molar-refractivity contribution in [1.82, 2.24) is 9.80 Å². The minimum atomic E-state index is -4.81. The zero-order valence-corrected chi connectivity index (χ0v) is 14.0. The van der Waals surface area contributed by atoms with Crippen LogP contribution in [0.15, 0.2) is 47.1 Å². The lowest BCUT2D eigenvalue weighted by atomic mass is 10.3. The normalized spacial score (nSPS) is 14.8. The first-order chi connectivity index (χ1) is 12.8. The van der Waals surface area contributed by atoms with Crippen LogP contribution in [0.2, 0.25) is 0 Å². The molecule has 0 spiro atoms. The molecule has 10 heteroatoms. The summed E-state index contributed by atoms with van der Waals surface area (Å²) in [4.78, 5) is 27.5. The molecule has 3 amide bonds. The molecule has 1 saturated heterocycles. The number of piperazine rings is 1. The van der Waals surface area contributed by atoms with E-state index in [0.717, 1.165) is 12.1 Å². The number of urea groups is 1. The van der Waals surface area contributed by atoms with Gasteiger partial charge in [0, 0.05) is 37.9 Å². The van der Waals surface area contributed by atoms with Crippen molar-refractivity contribution in [2.75, 3.05) is 31.5 Å². The van der Waals surface area contributed by atoms with E-state index in [4.69, 9.17) is 4.42 Å². The number of rotatable bonds is 3. The number of anilines is 1. The highest BCUT2D eigenvalue weighted by Gasteiger charge is 2.31. The predicted molar refractivity (Wildman–Crippen MR) is 88.3 cm³/mol. The monoisotopic (exact) mass is 383 g/mol. The molecule has 0 bridgehead atoms. The molecule has 2 heterocycles. The summed E-state index contributed by atoms with van der Waals surface area (Å²) < 4.78 is 45.7. The zero-order chi connectivity index (χ0) is 19.4. The van der Waals surface area contributed by atoms with Crippen molar-refractivity contribution < 1.29 is 31.9 Å². The minimum Gasteiger partial charge on any atom is -0.459 e. The number of nitrogens with zero attached hydrogens (tertiary/aromatic N) is 2. The third-order valence-electron chi connectivity index (χ3n) is 3.90. The Hall–Kier alpha value is -3.17. The van der Waals surface area contributed by atoms with Crippen LogP contribution in [-0.2, 0) is 0 Å². The number of amides is 3. The van der Waals surface area contributed by atoms with Crippen molar-refractivity contribution in [3.63, 3.8) is 0 Å². The molecular weight excluding hydrogens is 367 g/mol. The number of halogens is 3. The van der Waals surface area contributed by atoms with Gasteiger partial charge in [0.25, 0.3) is 5.91 Å². The number of benzene rings is 1. The summed E-state index contributed by atoms with van der Waals surface area (Å²) in [6, 6.07) is 7.74. The molecule has 1 aromatic heterocycles. The van der Waals surface area contributed by atoms with Crippen LogP contribution in [0.4, 0.5) is 23.7 Å². The van der Waals surface area contributed by atoms with E-state index in [-0.39, 0.29) is 30.4 Å². The second-order valence-electron chi connectivity index (χ2n) is 5.76. The summed E-state index contributed by atoms with van der Waals surface area (Å²) in [5.74, 6) is -0.444. The van der Waals surface area contributed by atoms with Gasteiger partial charge >= 0.3 is 12.4 Å². The molecule has 1 aliphatic rings. The van der Waals surface area contributed by atoms with E-state index < -0.39 is 18.1 Å². The van der Waals surface area contributed by atoms with Gasteiger partial charge in [0.05, 0.1) is 6.26 Å². The lowest BCUT2D eigenvalue weighted by molar-refractivity contribution is -0.274. The van der Waals surface area contributed by atoms with Gasteiger partial charge in [0.15, 0.2) is 5.76 Å². The van der Waals surface area contributed by atoms with Gasteiger partial charge in [-0.05, 0) is 24.3 Å². The average Bonchev–Trinajstić information content (AvgIpc) is 3.14. The van der Waals surface area contributed by atoms with Crippen LogP contribution in [0.25, 0.3) is 0 Å². The van der Waals surface area contributed by atoms with Gasteiger partial charge in [-0.15, -0.1) is 13.2 Å². The summed E-state index contributed by atoms with van der Waals surface area (Å²) in [6.45, 7) is 1.22. The summed E-state index contributed by atoms with van der Waals surface area (Å²) in [5, 5.41) is 2.53. The number of hydrogen-bond donors (Lipinski definition) is 1. The number of alkyl halides is 3. The zero-order valence-electron chi connectivity index (χ0n) is 14.0. The van der Waals surface area contributed by atoms with E-state index >= 15 is 0 Å². The molecule has 144 valence electrons. The topological polar surface area (TPSA) is 75.0 Å². The lowest BCUT2D eigenvalue weighted by Gasteiger charge is -2.34. The van der Waals surface area contributed by atoms with Crippen LogP contribution in [0, 0.1) is 0 Å². The molecule has 3 rings (SSSR count). The molecule has 27 heavy (non-hydrogen) atoms. The molecule has 0 saturated carbocycles. The maximum absolute atomic E-state index is 12.3. The molecule has 0 radical (unpaired) electrons. The van der Waals surface area contributed by atoms with E-state index in [1.54, 1.807) is 17.0 Å². The number of carbonyl (C=O) groups excluding carboxylic acids is 2. The van der Waals surface area contributed by atoms with Gasteiger partial charge in [-0.3, -0.25) is 4.79 Å². The largest absolute Gasteiger partial charge is 0.573 e.